The van der Waals surface area contributed by atoms with Crippen LogP contribution >= 0.6 is 0 Å². The zero-order chi connectivity index (χ0) is 22.5. The number of ether oxygens (including phenoxy) is 3. The Hall–Kier alpha value is -4.20. The van der Waals surface area contributed by atoms with Crippen LogP contribution in [0.5, 0.6) is 17.2 Å². The van der Waals surface area contributed by atoms with Crippen molar-refractivity contribution in [1.29, 1.82) is 0 Å². The molecule has 0 aromatic heterocycles. The molecule has 0 saturated carbocycles. The average Bonchev–Trinajstić information content (AvgIpc) is 2.83. The highest BCUT2D eigenvalue weighted by molar-refractivity contribution is 5.87. The average molecular weight is 431 g/mol. The summed E-state index contributed by atoms with van der Waals surface area (Å²) in [5.74, 6) is 1.91. The molecule has 0 bridgehead atoms. The highest BCUT2D eigenvalue weighted by atomic mass is 16.6. The number of nitrogens with zero attached hydrogens (tertiary/aromatic N) is 3. The lowest BCUT2D eigenvalue weighted by Crippen LogP contribution is -2.12. The second-order valence-electron chi connectivity index (χ2n) is 6.99. The molecular formula is C24H21N3O5. The minimum atomic E-state index is -0.422. The molecule has 32 heavy (non-hydrogen) atoms. The quantitative estimate of drug-likeness (QED) is 0.276. The second-order valence-corrected chi connectivity index (χ2v) is 6.99. The first-order chi connectivity index (χ1) is 15.6. The van der Waals surface area contributed by atoms with Gasteiger partial charge in [-0.2, -0.15) is 0 Å². The number of methoxy groups -OCH3 is 2. The molecule has 1 aliphatic rings. The molecule has 0 saturated heterocycles. The van der Waals surface area contributed by atoms with E-state index in [4.69, 9.17) is 14.2 Å². The summed E-state index contributed by atoms with van der Waals surface area (Å²) in [4.78, 5) is 19.5. The van der Waals surface area contributed by atoms with Gasteiger partial charge < -0.3 is 14.2 Å². The number of aliphatic imine (C=N–C) groups is 2. The molecule has 0 spiro atoms. The van der Waals surface area contributed by atoms with Gasteiger partial charge in [0.25, 0.3) is 5.69 Å². The summed E-state index contributed by atoms with van der Waals surface area (Å²) in [5, 5.41) is 11.1. The molecule has 3 aromatic rings. The van der Waals surface area contributed by atoms with Crippen LogP contribution in [0.15, 0.2) is 70.6 Å². The first-order valence-corrected chi connectivity index (χ1v) is 9.91. The number of para-hydroxylation sites is 1. The van der Waals surface area contributed by atoms with Gasteiger partial charge in [0.05, 0.1) is 36.1 Å². The molecular weight excluding hydrogens is 410 g/mol. The Bertz CT molecular complexity index is 1190. The number of fused-ring (bicyclic) bond motifs is 1. The first kappa shape index (κ1) is 21.0. The Morgan fingerprint density at radius 1 is 1.06 bits per heavy atom. The van der Waals surface area contributed by atoms with Crippen molar-refractivity contribution in [3.05, 3.63) is 81.9 Å². The Labute approximate surface area is 185 Å². The minimum absolute atomic E-state index is 0.0147. The van der Waals surface area contributed by atoms with Crippen LogP contribution in [0.25, 0.3) is 0 Å². The third-order valence-electron chi connectivity index (χ3n) is 5.03. The topological polar surface area (TPSA) is 95.5 Å². The maximum absolute atomic E-state index is 11.1. The van der Waals surface area contributed by atoms with Crippen molar-refractivity contribution in [2.24, 2.45) is 9.98 Å². The molecule has 0 radical (unpaired) electrons. The molecule has 8 heteroatoms. The molecule has 0 aliphatic carbocycles. The van der Waals surface area contributed by atoms with Crippen molar-refractivity contribution >= 4 is 29.5 Å². The lowest BCUT2D eigenvalue weighted by molar-refractivity contribution is -0.385. The molecule has 1 heterocycles. The van der Waals surface area contributed by atoms with Crippen LogP contribution in [0.3, 0.4) is 0 Å². The predicted molar refractivity (Wildman–Crippen MR) is 122 cm³/mol. The Kier molecular flexibility index (Phi) is 6.12. The van der Waals surface area contributed by atoms with Crippen LogP contribution in [0, 0.1) is 10.1 Å². The summed E-state index contributed by atoms with van der Waals surface area (Å²) >= 11 is 0. The van der Waals surface area contributed by atoms with Crippen LogP contribution in [-0.2, 0) is 0 Å². The standard InChI is InChI=1S/C24H21N3O5/c1-30-23-13-19-20(14-24(23)31-2)25-12-11-22(19)32-18-9-7-17(8-10-18)26-15-16-5-3-4-6-21(16)27(28)29/h3-10,12-15,22H,11H2,1-2H3. The van der Waals surface area contributed by atoms with Crippen LogP contribution in [0.1, 0.15) is 23.7 Å². The summed E-state index contributed by atoms with van der Waals surface area (Å²) < 4.78 is 17.0. The van der Waals surface area contributed by atoms with E-state index in [1.807, 2.05) is 30.5 Å². The maximum Gasteiger partial charge on any atom is 0.278 e. The van der Waals surface area contributed by atoms with Gasteiger partial charge in [0.1, 0.15) is 11.9 Å². The highest BCUT2D eigenvalue weighted by Crippen LogP contribution is 2.41. The lowest BCUT2D eigenvalue weighted by atomic mass is 10.0. The number of nitro groups is 1. The van der Waals surface area contributed by atoms with Crippen LogP contribution < -0.4 is 14.2 Å². The summed E-state index contributed by atoms with van der Waals surface area (Å²) in [5.41, 5.74) is 2.82. The molecule has 1 unspecified atom stereocenters. The number of benzene rings is 3. The Morgan fingerprint density at radius 3 is 2.50 bits per heavy atom. The summed E-state index contributed by atoms with van der Waals surface area (Å²) in [7, 11) is 3.18. The fourth-order valence-electron chi connectivity index (χ4n) is 3.42. The van der Waals surface area contributed by atoms with Gasteiger partial charge >= 0.3 is 0 Å². The largest absolute Gasteiger partial charge is 0.493 e. The fourth-order valence-corrected chi connectivity index (χ4v) is 3.42. The van der Waals surface area contributed by atoms with Crippen molar-refractivity contribution in [3.63, 3.8) is 0 Å². The molecule has 1 atom stereocenters. The third kappa shape index (κ3) is 4.44. The van der Waals surface area contributed by atoms with Crippen LogP contribution in [0.4, 0.5) is 17.1 Å². The molecule has 4 rings (SSSR count). The highest BCUT2D eigenvalue weighted by Gasteiger charge is 2.23. The Balaban J connectivity index is 1.51. The van der Waals surface area contributed by atoms with E-state index in [2.05, 4.69) is 9.98 Å². The van der Waals surface area contributed by atoms with E-state index in [9.17, 15) is 10.1 Å². The van der Waals surface area contributed by atoms with Gasteiger partial charge in [-0.1, -0.05) is 12.1 Å². The molecule has 0 amide bonds. The zero-order valence-electron chi connectivity index (χ0n) is 17.6. The normalized spacial score (nSPS) is 14.8. The van der Waals surface area contributed by atoms with Crippen molar-refractivity contribution in [3.8, 4) is 17.2 Å². The summed E-state index contributed by atoms with van der Waals surface area (Å²) in [6.45, 7) is 0. The van der Waals surface area contributed by atoms with Gasteiger partial charge in [-0.05, 0) is 36.4 Å². The molecule has 0 N–H and O–H groups in total. The van der Waals surface area contributed by atoms with Crippen LogP contribution in [0.2, 0.25) is 0 Å². The van der Waals surface area contributed by atoms with Crippen molar-refractivity contribution < 1.29 is 19.1 Å². The van der Waals surface area contributed by atoms with E-state index in [1.54, 1.807) is 44.6 Å². The lowest BCUT2D eigenvalue weighted by Gasteiger charge is -2.24. The number of hydrogen-bond donors (Lipinski definition) is 0. The summed E-state index contributed by atoms with van der Waals surface area (Å²) in [6.07, 6.45) is 3.72. The fraction of sp³-hybridized carbons (Fsp3) is 0.167. The maximum atomic E-state index is 11.1. The van der Waals surface area contributed by atoms with E-state index < -0.39 is 4.92 Å². The van der Waals surface area contributed by atoms with Crippen LogP contribution in [-0.4, -0.2) is 31.6 Å². The van der Waals surface area contributed by atoms with Gasteiger partial charge in [0.2, 0.25) is 0 Å². The predicted octanol–water partition coefficient (Wildman–Crippen LogP) is 5.59. The SMILES string of the molecule is COc1cc2c(cc1OC)C(Oc1ccc(N=Cc3ccccc3[N+](=O)[O-])cc1)CC=N2. The zero-order valence-corrected chi connectivity index (χ0v) is 17.6. The minimum Gasteiger partial charge on any atom is -0.493 e. The van der Waals surface area contributed by atoms with E-state index in [1.165, 1.54) is 12.3 Å². The number of hydrogen-bond acceptors (Lipinski definition) is 7. The van der Waals surface area contributed by atoms with E-state index in [-0.39, 0.29) is 11.8 Å². The summed E-state index contributed by atoms with van der Waals surface area (Å²) in [6, 6.07) is 17.4. The van der Waals surface area contributed by atoms with Gasteiger partial charge in [0, 0.05) is 36.5 Å². The smallest absolute Gasteiger partial charge is 0.278 e. The van der Waals surface area contributed by atoms with E-state index >= 15 is 0 Å². The molecule has 8 nitrogen and oxygen atoms in total. The molecule has 3 aromatic carbocycles. The molecule has 0 fully saturated rings. The number of rotatable bonds is 7. The first-order valence-electron chi connectivity index (χ1n) is 9.91. The van der Waals surface area contributed by atoms with Gasteiger partial charge in [-0.3, -0.25) is 20.1 Å². The Morgan fingerprint density at radius 2 is 1.78 bits per heavy atom. The third-order valence-corrected chi connectivity index (χ3v) is 5.03. The van der Waals surface area contributed by atoms with E-state index in [0.717, 1.165) is 11.3 Å². The van der Waals surface area contributed by atoms with Gasteiger partial charge in [0.15, 0.2) is 11.5 Å². The van der Waals surface area contributed by atoms with E-state index in [0.29, 0.717) is 34.9 Å². The molecule has 162 valence electrons. The monoisotopic (exact) mass is 431 g/mol. The molecule has 1 aliphatic heterocycles. The van der Waals surface area contributed by atoms with Gasteiger partial charge in [-0.25, -0.2) is 0 Å². The van der Waals surface area contributed by atoms with Crippen molar-refractivity contribution in [2.45, 2.75) is 12.5 Å². The van der Waals surface area contributed by atoms with Gasteiger partial charge in [-0.15, -0.1) is 0 Å². The van der Waals surface area contributed by atoms with Crippen molar-refractivity contribution in [1.82, 2.24) is 0 Å². The second kappa shape index (κ2) is 9.30. The number of nitro benzene ring substituents is 1. The van der Waals surface area contributed by atoms with Crippen molar-refractivity contribution in [2.75, 3.05) is 14.2 Å².